The van der Waals surface area contributed by atoms with Gasteiger partial charge in [-0.1, -0.05) is 36.4 Å². The van der Waals surface area contributed by atoms with Gasteiger partial charge >= 0.3 is 0 Å². The van der Waals surface area contributed by atoms with Gasteiger partial charge in [0.1, 0.15) is 0 Å². The van der Waals surface area contributed by atoms with Crippen LogP contribution in [0.15, 0.2) is 72.8 Å². The van der Waals surface area contributed by atoms with Crippen LogP contribution in [0.3, 0.4) is 0 Å². The van der Waals surface area contributed by atoms with Crippen molar-refractivity contribution in [1.29, 1.82) is 5.26 Å². The predicted molar refractivity (Wildman–Crippen MR) is 132 cm³/mol. The number of hydrogen-bond donors (Lipinski definition) is 1. The first-order valence-electron chi connectivity index (χ1n) is 11.1. The molecule has 0 aromatic heterocycles. The van der Waals surface area contributed by atoms with Crippen LogP contribution in [-0.2, 0) is 9.53 Å². The number of carbonyl (C=O) groups is 2. The van der Waals surface area contributed by atoms with Crippen LogP contribution in [0.25, 0.3) is 11.1 Å². The second-order valence-corrected chi connectivity index (χ2v) is 8.06. The molecule has 0 aliphatic carbocycles. The summed E-state index contributed by atoms with van der Waals surface area (Å²) in [5.74, 6) is -0.578. The molecule has 1 heterocycles. The Morgan fingerprint density at radius 3 is 2.32 bits per heavy atom. The third-order valence-electron chi connectivity index (χ3n) is 5.75. The van der Waals surface area contributed by atoms with E-state index in [1.165, 1.54) is 4.90 Å². The van der Waals surface area contributed by atoms with Gasteiger partial charge in [-0.2, -0.15) is 5.26 Å². The van der Waals surface area contributed by atoms with Crippen molar-refractivity contribution in [3.63, 3.8) is 0 Å². The summed E-state index contributed by atoms with van der Waals surface area (Å²) in [6.45, 7) is 3.02. The van der Waals surface area contributed by atoms with E-state index in [-0.39, 0.29) is 18.4 Å². The molecule has 0 bridgehead atoms. The fraction of sp³-hybridized carbons (Fsp3) is 0.222. The number of hydrogen-bond acceptors (Lipinski definition) is 5. The first-order valence-corrected chi connectivity index (χ1v) is 11.1. The molecular formula is C27H26N4O3. The fourth-order valence-electron chi connectivity index (χ4n) is 3.99. The van der Waals surface area contributed by atoms with Crippen molar-refractivity contribution in [3.8, 4) is 17.2 Å². The number of nitrogens with zero attached hydrogens (tertiary/aromatic N) is 3. The van der Waals surface area contributed by atoms with E-state index in [0.717, 1.165) is 18.8 Å². The van der Waals surface area contributed by atoms with Crippen LogP contribution >= 0.6 is 0 Å². The van der Waals surface area contributed by atoms with Gasteiger partial charge in [0.05, 0.1) is 31.4 Å². The monoisotopic (exact) mass is 454 g/mol. The molecule has 1 aliphatic heterocycles. The summed E-state index contributed by atoms with van der Waals surface area (Å²) < 4.78 is 5.38. The van der Waals surface area contributed by atoms with Crippen LogP contribution in [0.5, 0.6) is 0 Å². The van der Waals surface area contributed by atoms with E-state index < -0.39 is 0 Å². The van der Waals surface area contributed by atoms with Crippen LogP contribution in [0.2, 0.25) is 0 Å². The van der Waals surface area contributed by atoms with Gasteiger partial charge in [-0.15, -0.1) is 0 Å². The normalized spacial score (nSPS) is 13.1. The zero-order chi connectivity index (χ0) is 23.9. The minimum Gasteiger partial charge on any atom is -0.378 e. The molecule has 7 nitrogen and oxygen atoms in total. The van der Waals surface area contributed by atoms with Crippen LogP contribution in [-0.4, -0.2) is 56.6 Å². The fourth-order valence-corrected chi connectivity index (χ4v) is 3.99. The van der Waals surface area contributed by atoms with Gasteiger partial charge in [0.15, 0.2) is 0 Å². The highest BCUT2D eigenvalue weighted by Crippen LogP contribution is 2.27. The Bertz CT molecular complexity index is 1210. The molecule has 172 valence electrons. The van der Waals surface area contributed by atoms with Crippen molar-refractivity contribution < 1.29 is 14.3 Å². The molecule has 0 unspecified atom stereocenters. The van der Waals surface area contributed by atoms with Crippen molar-refractivity contribution in [1.82, 2.24) is 4.90 Å². The van der Waals surface area contributed by atoms with E-state index >= 15 is 0 Å². The number of morpholine rings is 1. The van der Waals surface area contributed by atoms with Gasteiger partial charge in [-0.05, 0) is 42.0 Å². The zero-order valence-electron chi connectivity index (χ0n) is 19.0. The van der Waals surface area contributed by atoms with E-state index in [1.807, 2.05) is 48.5 Å². The number of amides is 2. The molecular weight excluding hydrogens is 428 g/mol. The number of benzene rings is 3. The predicted octanol–water partition coefficient (Wildman–Crippen LogP) is 3.77. The number of nitriles is 1. The van der Waals surface area contributed by atoms with Crippen LogP contribution in [0, 0.1) is 11.3 Å². The molecule has 2 amide bonds. The summed E-state index contributed by atoms with van der Waals surface area (Å²) in [5.41, 5.74) is 4.04. The Morgan fingerprint density at radius 2 is 1.62 bits per heavy atom. The Hall–Kier alpha value is -4.15. The van der Waals surface area contributed by atoms with Crippen LogP contribution in [0.1, 0.15) is 15.9 Å². The summed E-state index contributed by atoms with van der Waals surface area (Å²) in [6.07, 6.45) is 0. The molecule has 0 radical (unpaired) electrons. The van der Waals surface area contributed by atoms with E-state index in [9.17, 15) is 14.9 Å². The highest BCUT2D eigenvalue weighted by Gasteiger charge is 2.20. The Kier molecular flexibility index (Phi) is 7.21. The molecule has 1 saturated heterocycles. The Balaban J connectivity index is 1.42. The summed E-state index contributed by atoms with van der Waals surface area (Å²) in [4.78, 5) is 29.4. The Morgan fingerprint density at radius 1 is 0.971 bits per heavy atom. The maximum Gasteiger partial charge on any atom is 0.254 e. The quantitative estimate of drug-likeness (QED) is 0.613. The number of anilines is 2. The lowest BCUT2D eigenvalue weighted by Crippen LogP contribution is -2.36. The number of rotatable bonds is 6. The number of likely N-dealkylation sites (N-methyl/N-ethyl adjacent to an activating group) is 1. The van der Waals surface area contributed by atoms with Gasteiger partial charge < -0.3 is 19.9 Å². The summed E-state index contributed by atoms with van der Waals surface area (Å²) >= 11 is 0. The molecule has 4 rings (SSSR count). The van der Waals surface area contributed by atoms with Crippen molar-refractivity contribution in [2.24, 2.45) is 0 Å². The van der Waals surface area contributed by atoms with Crippen molar-refractivity contribution in [3.05, 3.63) is 83.9 Å². The zero-order valence-corrected chi connectivity index (χ0v) is 19.0. The lowest BCUT2D eigenvalue weighted by Gasteiger charge is -2.28. The number of carbonyl (C=O) groups excluding carboxylic acids is 2. The second kappa shape index (κ2) is 10.6. The third-order valence-corrected chi connectivity index (χ3v) is 5.75. The van der Waals surface area contributed by atoms with Gasteiger partial charge in [0.2, 0.25) is 5.91 Å². The maximum absolute atomic E-state index is 13.2. The lowest BCUT2D eigenvalue weighted by atomic mass is 9.95. The minimum atomic E-state index is -0.291. The summed E-state index contributed by atoms with van der Waals surface area (Å²) in [5, 5.41) is 12.3. The summed E-state index contributed by atoms with van der Waals surface area (Å²) in [6, 6.07) is 24.1. The smallest absolute Gasteiger partial charge is 0.254 e. The molecule has 7 heteroatoms. The van der Waals surface area contributed by atoms with Crippen molar-refractivity contribution in [2.75, 3.05) is 50.1 Å². The molecule has 1 N–H and O–H groups in total. The molecule has 0 atom stereocenters. The van der Waals surface area contributed by atoms with Gasteiger partial charge in [-0.3, -0.25) is 9.59 Å². The van der Waals surface area contributed by atoms with Crippen molar-refractivity contribution in [2.45, 2.75) is 0 Å². The van der Waals surface area contributed by atoms with E-state index in [0.29, 0.717) is 41.2 Å². The van der Waals surface area contributed by atoms with Gasteiger partial charge in [0.25, 0.3) is 5.91 Å². The average molecular weight is 455 g/mol. The standard InChI is InChI=1S/C27H26N4O3/c1-30(19-26(32)29-21-10-12-22(13-11-21)31-14-16-34-17-15-31)27(33)25-9-5-4-8-24(25)23-7-3-2-6-20(23)18-28/h2-13H,14-17,19H2,1H3,(H,29,32). The molecule has 0 spiro atoms. The van der Waals surface area contributed by atoms with Crippen molar-refractivity contribution >= 4 is 23.2 Å². The van der Waals surface area contributed by atoms with Gasteiger partial charge in [0, 0.05) is 42.6 Å². The average Bonchev–Trinajstić information content (AvgIpc) is 2.89. The van der Waals surface area contributed by atoms with E-state index in [1.54, 1.807) is 31.3 Å². The maximum atomic E-state index is 13.2. The van der Waals surface area contributed by atoms with Crippen LogP contribution in [0.4, 0.5) is 11.4 Å². The van der Waals surface area contributed by atoms with E-state index in [4.69, 9.17) is 4.74 Å². The van der Waals surface area contributed by atoms with Crippen LogP contribution < -0.4 is 10.2 Å². The molecule has 1 aliphatic rings. The molecule has 3 aromatic carbocycles. The third kappa shape index (κ3) is 5.25. The number of nitrogens with one attached hydrogen (secondary N) is 1. The first kappa shape index (κ1) is 23.0. The molecule has 34 heavy (non-hydrogen) atoms. The molecule has 3 aromatic rings. The minimum absolute atomic E-state index is 0.0989. The lowest BCUT2D eigenvalue weighted by molar-refractivity contribution is -0.116. The van der Waals surface area contributed by atoms with E-state index in [2.05, 4.69) is 16.3 Å². The van der Waals surface area contributed by atoms with Gasteiger partial charge in [-0.25, -0.2) is 0 Å². The molecule has 1 fully saturated rings. The largest absolute Gasteiger partial charge is 0.378 e. The SMILES string of the molecule is CN(CC(=O)Nc1ccc(N2CCOCC2)cc1)C(=O)c1ccccc1-c1ccccc1C#N. The topological polar surface area (TPSA) is 85.7 Å². The highest BCUT2D eigenvalue weighted by molar-refractivity contribution is 6.03. The summed E-state index contributed by atoms with van der Waals surface area (Å²) in [7, 11) is 1.59. The first-order chi connectivity index (χ1) is 16.6. The number of ether oxygens (including phenoxy) is 1. The highest BCUT2D eigenvalue weighted by atomic mass is 16.5. The Labute approximate surface area is 199 Å². The molecule has 0 saturated carbocycles. The second-order valence-electron chi connectivity index (χ2n) is 8.06.